The predicted molar refractivity (Wildman–Crippen MR) is 92.6 cm³/mol. The average Bonchev–Trinajstić information content (AvgIpc) is 3.11. The van der Waals surface area contributed by atoms with Crippen molar-refractivity contribution in [2.75, 3.05) is 36.5 Å². The topological polar surface area (TPSA) is 83.3 Å². The minimum atomic E-state index is -0.405. The number of hydrogen-bond donors (Lipinski definition) is 1. The number of nitrogens with one attached hydrogen (secondary N) is 1. The summed E-state index contributed by atoms with van der Waals surface area (Å²) in [7, 11) is 0. The van der Waals surface area contributed by atoms with Crippen LogP contribution in [0.5, 0.6) is 0 Å². The van der Waals surface area contributed by atoms with Crippen molar-refractivity contribution >= 4 is 17.5 Å². The van der Waals surface area contributed by atoms with Gasteiger partial charge >= 0.3 is 0 Å². The number of aromatic nitrogens is 2. The second kappa shape index (κ2) is 6.67. The van der Waals surface area contributed by atoms with Crippen LogP contribution in [0.15, 0.2) is 36.5 Å². The fourth-order valence-corrected chi connectivity index (χ4v) is 3.23. The summed E-state index contributed by atoms with van der Waals surface area (Å²) in [5.74, 6) is 0.937. The molecule has 0 radical (unpaired) electrons. The van der Waals surface area contributed by atoms with Gasteiger partial charge in [-0.3, -0.25) is 0 Å². The van der Waals surface area contributed by atoms with Crippen LogP contribution in [0, 0.1) is 11.3 Å². The van der Waals surface area contributed by atoms with Crippen molar-refractivity contribution < 1.29 is 9.47 Å². The Labute approximate surface area is 146 Å². The summed E-state index contributed by atoms with van der Waals surface area (Å²) < 4.78 is 11.5. The van der Waals surface area contributed by atoms with Crippen molar-refractivity contribution in [1.29, 1.82) is 5.26 Å². The second-order valence-corrected chi connectivity index (χ2v) is 6.12. The molecular formula is C18H19N5O2. The van der Waals surface area contributed by atoms with E-state index in [-0.39, 0.29) is 0 Å². The molecule has 0 bridgehead atoms. The molecule has 1 aromatic heterocycles. The SMILES string of the molecule is N#Cc1ccccc1Nc1ccnc(N2CCC3(CC2)OCCO3)n1. The number of hydrogen-bond acceptors (Lipinski definition) is 7. The molecule has 3 heterocycles. The number of ether oxygens (including phenoxy) is 2. The molecule has 7 heteroatoms. The van der Waals surface area contributed by atoms with Crippen LogP contribution in [-0.4, -0.2) is 42.1 Å². The maximum atomic E-state index is 9.20. The molecule has 2 fully saturated rings. The van der Waals surface area contributed by atoms with E-state index in [1.165, 1.54) is 0 Å². The smallest absolute Gasteiger partial charge is 0.227 e. The first-order chi connectivity index (χ1) is 12.3. The van der Waals surface area contributed by atoms with Crippen LogP contribution in [0.2, 0.25) is 0 Å². The van der Waals surface area contributed by atoms with Crippen molar-refractivity contribution in [3.8, 4) is 6.07 Å². The Balaban J connectivity index is 1.48. The first kappa shape index (κ1) is 15.8. The number of anilines is 3. The number of benzene rings is 1. The quantitative estimate of drug-likeness (QED) is 0.921. The molecule has 0 saturated carbocycles. The molecule has 2 aromatic rings. The molecule has 0 unspecified atom stereocenters. The van der Waals surface area contributed by atoms with Gasteiger partial charge in [0.05, 0.1) is 24.5 Å². The fourth-order valence-electron chi connectivity index (χ4n) is 3.23. The molecule has 1 N–H and O–H groups in total. The van der Waals surface area contributed by atoms with E-state index in [9.17, 15) is 5.26 Å². The van der Waals surface area contributed by atoms with Crippen molar-refractivity contribution in [3.63, 3.8) is 0 Å². The lowest BCUT2D eigenvalue weighted by Crippen LogP contribution is -2.45. The van der Waals surface area contributed by atoms with Gasteiger partial charge in [-0.15, -0.1) is 0 Å². The summed E-state index contributed by atoms with van der Waals surface area (Å²) in [6.07, 6.45) is 3.35. The fraction of sp³-hybridized carbons (Fsp3) is 0.389. The van der Waals surface area contributed by atoms with Crippen LogP contribution in [0.25, 0.3) is 0 Å². The zero-order valence-corrected chi connectivity index (χ0v) is 13.8. The van der Waals surface area contributed by atoms with Crippen LogP contribution in [0.1, 0.15) is 18.4 Å². The van der Waals surface area contributed by atoms with Crippen molar-refractivity contribution in [3.05, 3.63) is 42.1 Å². The van der Waals surface area contributed by atoms with Crippen molar-refractivity contribution in [2.45, 2.75) is 18.6 Å². The van der Waals surface area contributed by atoms with Gasteiger partial charge in [0.15, 0.2) is 5.79 Å². The molecule has 2 aliphatic rings. The third-order valence-electron chi connectivity index (χ3n) is 4.57. The third kappa shape index (κ3) is 3.27. The molecule has 0 atom stereocenters. The van der Waals surface area contributed by atoms with Gasteiger partial charge in [-0.2, -0.15) is 10.2 Å². The lowest BCUT2D eigenvalue weighted by Gasteiger charge is -2.37. The van der Waals surface area contributed by atoms with Crippen LogP contribution >= 0.6 is 0 Å². The molecule has 25 heavy (non-hydrogen) atoms. The van der Waals surface area contributed by atoms with E-state index in [1.54, 1.807) is 18.3 Å². The molecule has 1 spiro atoms. The Morgan fingerprint density at radius 2 is 1.88 bits per heavy atom. The first-order valence-electron chi connectivity index (χ1n) is 8.40. The minimum absolute atomic E-state index is 0.405. The number of para-hydroxylation sites is 1. The summed E-state index contributed by atoms with van der Waals surface area (Å²) in [6, 6.07) is 11.3. The molecule has 4 rings (SSSR count). The highest BCUT2D eigenvalue weighted by Crippen LogP contribution is 2.32. The monoisotopic (exact) mass is 337 g/mol. The van der Waals surface area contributed by atoms with E-state index in [0.29, 0.717) is 30.5 Å². The normalized spacial score (nSPS) is 18.9. The van der Waals surface area contributed by atoms with E-state index in [4.69, 9.17) is 9.47 Å². The highest BCUT2D eigenvalue weighted by molar-refractivity contribution is 5.64. The molecule has 7 nitrogen and oxygen atoms in total. The number of nitrogens with zero attached hydrogens (tertiary/aromatic N) is 4. The van der Waals surface area contributed by atoms with Gasteiger partial charge in [-0.25, -0.2) is 4.98 Å². The Hall–Kier alpha value is -2.69. The van der Waals surface area contributed by atoms with E-state index in [1.807, 2.05) is 18.2 Å². The molecule has 2 saturated heterocycles. The zero-order valence-electron chi connectivity index (χ0n) is 13.8. The van der Waals surface area contributed by atoms with E-state index >= 15 is 0 Å². The van der Waals surface area contributed by atoms with Gasteiger partial charge in [0.1, 0.15) is 11.9 Å². The summed E-state index contributed by atoms with van der Waals surface area (Å²) in [6.45, 7) is 2.93. The zero-order chi connectivity index (χ0) is 17.1. The van der Waals surface area contributed by atoms with Crippen LogP contribution in [0.3, 0.4) is 0 Å². The largest absolute Gasteiger partial charge is 0.347 e. The average molecular weight is 337 g/mol. The van der Waals surface area contributed by atoms with Gasteiger partial charge in [-0.1, -0.05) is 12.1 Å². The van der Waals surface area contributed by atoms with E-state index in [2.05, 4.69) is 26.3 Å². The Morgan fingerprint density at radius 1 is 1.12 bits per heavy atom. The van der Waals surface area contributed by atoms with E-state index in [0.717, 1.165) is 31.6 Å². The molecule has 2 aliphatic heterocycles. The highest BCUT2D eigenvalue weighted by Gasteiger charge is 2.40. The molecule has 1 aromatic carbocycles. The van der Waals surface area contributed by atoms with Gasteiger partial charge in [0, 0.05) is 32.1 Å². The first-order valence-corrected chi connectivity index (χ1v) is 8.40. The van der Waals surface area contributed by atoms with Gasteiger partial charge in [-0.05, 0) is 18.2 Å². The van der Waals surface area contributed by atoms with E-state index < -0.39 is 5.79 Å². The molecule has 0 amide bonds. The standard InChI is InChI=1S/C18H19N5O2/c19-13-14-3-1-2-4-15(14)21-16-5-8-20-17(22-16)23-9-6-18(7-10-23)24-11-12-25-18/h1-5,8H,6-7,9-12H2,(H,20,21,22). The van der Waals surface area contributed by atoms with Crippen LogP contribution in [-0.2, 0) is 9.47 Å². The number of piperidine rings is 1. The molecule has 128 valence electrons. The van der Waals surface area contributed by atoms with Crippen molar-refractivity contribution in [2.24, 2.45) is 0 Å². The predicted octanol–water partition coefficient (Wildman–Crippen LogP) is 2.44. The third-order valence-corrected chi connectivity index (χ3v) is 4.57. The molecular weight excluding hydrogens is 318 g/mol. The summed E-state index contributed by atoms with van der Waals surface area (Å²) in [5.41, 5.74) is 1.32. The minimum Gasteiger partial charge on any atom is -0.347 e. The number of rotatable bonds is 3. The van der Waals surface area contributed by atoms with Gasteiger partial charge < -0.3 is 19.7 Å². The Bertz CT molecular complexity index is 788. The maximum absolute atomic E-state index is 9.20. The highest BCUT2D eigenvalue weighted by atomic mass is 16.7. The van der Waals surface area contributed by atoms with Crippen LogP contribution < -0.4 is 10.2 Å². The second-order valence-electron chi connectivity index (χ2n) is 6.12. The Kier molecular flexibility index (Phi) is 4.22. The summed E-state index contributed by atoms with van der Waals surface area (Å²) in [5, 5.41) is 12.4. The summed E-state index contributed by atoms with van der Waals surface area (Å²) >= 11 is 0. The lowest BCUT2D eigenvalue weighted by atomic mass is 10.0. The van der Waals surface area contributed by atoms with Gasteiger partial charge in [0.25, 0.3) is 0 Å². The lowest BCUT2D eigenvalue weighted by molar-refractivity contribution is -0.169. The molecule has 0 aliphatic carbocycles. The Morgan fingerprint density at radius 3 is 2.64 bits per heavy atom. The number of nitriles is 1. The van der Waals surface area contributed by atoms with Crippen LogP contribution in [0.4, 0.5) is 17.5 Å². The maximum Gasteiger partial charge on any atom is 0.227 e. The van der Waals surface area contributed by atoms with Gasteiger partial charge in [0.2, 0.25) is 5.95 Å². The summed E-state index contributed by atoms with van der Waals surface area (Å²) in [4.78, 5) is 11.1. The van der Waals surface area contributed by atoms with Crippen molar-refractivity contribution in [1.82, 2.24) is 9.97 Å².